The lowest BCUT2D eigenvalue weighted by Crippen LogP contribution is -2.35. The van der Waals surface area contributed by atoms with Crippen LogP contribution in [0.5, 0.6) is 0 Å². The average molecular weight is 372 g/mol. The molecule has 28 heavy (non-hydrogen) atoms. The van der Waals surface area contributed by atoms with E-state index in [1.54, 1.807) is 19.2 Å². The number of hydrogen-bond donors (Lipinski definition) is 1. The third kappa shape index (κ3) is 4.46. The Bertz CT molecular complexity index is 959. The minimum absolute atomic E-state index is 0.00690. The third-order valence-electron chi connectivity index (χ3n) is 4.71. The zero-order valence-corrected chi connectivity index (χ0v) is 16.4. The lowest BCUT2D eigenvalue weighted by Gasteiger charge is -2.18. The number of amides is 2. The molecule has 0 saturated heterocycles. The summed E-state index contributed by atoms with van der Waals surface area (Å²) in [5, 5.41) is 2.91. The summed E-state index contributed by atoms with van der Waals surface area (Å²) < 4.78 is 0. The number of hydrogen-bond acceptors (Lipinski definition) is 2. The number of para-hydroxylation sites is 1. The predicted octanol–water partition coefficient (Wildman–Crippen LogP) is 4.68. The molecular formula is C24H24N2O2. The van der Waals surface area contributed by atoms with Gasteiger partial charge in [0.2, 0.25) is 5.91 Å². The highest BCUT2D eigenvalue weighted by Gasteiger charge is 2.16. The van der Waals surface area contributed by atoms with E-state index in [2.05, 4.69) is 5.32 Å². The molecule has 3 rings (SSSR count). The highest BCUT2D eigenvalue weighted by Crippen LogP contribution is 2.21. The highest BCUT2D eigenvalue weighted by atomic mass is 16.2. The van der Waals surface area contributed by atoms with Gasteiger partial charge in [0.25, 0.3) is 5.91 Å². The fourth-order valence-electron chi connectivity index (χ4n) is 3.13. The molecule has 0 aliphatic heterocycles. The summed E-state index contributed by atoms with van der Waals surface area (Å²) >= 11 is 0. The maximum absolute atomic E-state index is 12.7. The predicted molar refractivity (Wildman–Crippen MR) is 113 cm³/mol. The van der Waals surface area contributed by atoms with Crippen LogP contribution < -0.4 is 5.32 Å². The van der Waals surface area contributed by atoms with Gasteiger partial charge in [0.1, 0.15) is 0 Å². The van der Waals surface area contributed by atoms with Crippen molar-refractivity contribution in [2.24, 2.45) is 0 Å². The fraction of sp³-hybridized carbons (Fsp3) is 0.167. The standard InChI is InChI=1S/C24H24N2O2/c1-17-8-7-9-18(2)23(17)25-22(27)16-26(3)24(28)21-14-12-20(13-15-21)19-10-5-4-6-11-19/h4-15H,16H2,1-3H3,(H,25,27). The lowest BCUT2D eigenvalue weighted by atomic mass is 10.0. The molecule has 0 atom stereocenters. The van der Waals surface area contributed by atoms with Gasteiger partial charge in [0.05, 0.1) is 6.54 Å². The Morgan fingerprint density at radius 3 is 1.96 bits per heavy atom. The Labute approximate surface area is 165 Å². The second-order valence-corrected chi connectivity index (χ2v) is 6.92. The van der Waals surface area contributed by atoms with Crippen LogP contribution in [0.2, 0.25) is 0 Å². The molecule has 0 radical (unpaired) electrons. The van der Waals surface area contributed by atoms with E-state index >= 15 is 0 Å². The Hall–Kier alpha value is -3.40. The summed E-state index contributed by atoms with van der Waals surface area (Å²) in [6.07, 6.45) is 0. The maximum Gasteiger partial charge on any atom is 0.254 e. The van der Waals surface area contributed by atoms with Gasteiger partial charge < -0.3 is 10.2 Å². The van der Waals surface area contributed by atoms with E-state index in [1.165, 1.54) is 4.90 Å². The van der Waals surface area contributed by atoms with Crippen molar-refractivity contribution in [2.45, 2.75) is 13.8 Å². The van der Waals surface area contributed by atoms with Crippen LogP contribution in [0.1, 0.15) is 21.5 Å². The normalized spacial score (nSPS) is 10.4. The van der Waals surface area contributed by atoms with Crippen molar-refractivity contribution in [1.82, 2.24) is 4.90 Å². The van der Waals surface area contributed by atoms with Gasteiger partial charge in [-0.2, -0.15) is 0 Å². The molecule has 0 bridgehead atoms. The van der Waals surface area contributed by atoms with Gasteiger partial charge in [-0.05, 0) is 48.2 Å². The van der Waals surface area contributed by atoms with Crippen LogP contribution in [-0.2, 0) is 4.79 Å². The number of benzene rings is 3. The highest BCUT2D eigenvalue weighted by molar-refractivity contribution is 6.00. The van der Waals surface area contributed by atoms with Crippen molar-refractivity contribution in [2.75, 3.05) is 18.9 Å². The van der Waals surface area contributed by atoms with Crippen LogP contribution in [0.3, 0.4) is 0 Å². The fourth-order valence-corrected chi connectivity index (χ4v) is 3.13. The van der Waals surface area contributed by atoms with Crippen LogP contribution in [0, 0.1) is 13.8 Å². The van der Waals surface area contributed by atoms with Crippen molar-refractivity contribution in [3.05, 3.63) is 89.5 Å². The van der Waals surface area contributed by atoms with Gasteiger partial charge in [0.15, 0.2) is 0 Å². The monoisotopic (exact) mass is 372 g/mol. The minimum Gasteiger partial charge on any atom is -0.332 e. The number of nitrogens with zero attached hydrogens (tertiary/aromatic N) is 1. The third-order valence-corrected chi connectivity index (χ3v) is 4.71. The zero-order chi connectivity index (χ0) is 20.1. The SMILES string of the molecule is Cc1cccc(C)c1NC(=O)CN(C)C(=O)c1ccc(-c2ccccc2)cc1. The van der Waals surface area contributed by atoms with Gasteiger partial charge in [-0.25, -0.2) is 0 Å². The largest absolute Gasteiger partial charge is 0.332 e. The molecule has 4 nitrogen and oxygen atoms in total. The zero-order valence-electron chi connectivity index (χ0n) is 16.4. The van der Waals surface area contributed by atoms with Crippen LogP contribution in [0.4, 0.5) is 5.69 Å². The van der Waals surface area contributed by atoms with E-state index < -0.39 is 0 Å². The molecule has 0 fully saturated rings. The van der Waals surface area contributed by atoms with E-state index in [-0.39, 0.29) is 18.4 Å². The second kappa shape index (κ2) is 8.53. The smallest absolute Gasteiger partial charge is 0.254 e. The molecule has 0 unspecified atom stereocenters. The number of likely N-dealkylation sites (N-methyl/N-ethyl adjacent to an activating group) is 1. The number of rotatable bonds is 5. The molecule has 0 aliphatic carbocycles. The van der Waals surface area contributed by atoms with Crippen molar-refractivity contribution < 1.29 is 9.59 Å². The van der Waals surface area contributed by atoms with Crippen molar-refractivity contribution >= 4 is 17.5 Å². The number of carbonyl (C=O) groups excluding carboxylic acids is 2. The summed E-state index contributed by atoms with van der Waals surface area (Å²) in [7, 11) is 1.64. The molecule has 1 N–H and O–H groups in total. The van der Waals surface area contributed by atoms with Gasteiger partial charge in [0, 0.05) is 18.3 Å². The van der Waals surface area contributed by atoms with E-state index in [0.717, 1.165) is 27.9 Å². The Kier molecular flexibility index (Phi) is 5.90. The molecule has 3 aromatic rings. The van der Waals surface area contributed by atoms with E-state index in [4.69, 9.17) is 0 Å². The lowest BCUT2D eigenvalue weighted by molar-refractivity contribution is -0.116. The first-order chi connectivity index (χ1) is 13.5. The van der Waals surface area contributed by atoms with Crippen molar-refractivity contribution in [1.29, 1.82) is 0 Å². The summed E-state index contributed by atoms with van der Waals surface area (Å²) in [5.74, 6) is -0.398. The number of nitrogens with one attached hydrogen (secondary N) is 1. The number of carbonyl (C=O) groups is 2. The van der Waals surface area contributed by atoms with Crippen LogP contribution >= 0.6 is 0 Å². The molecule has 0 saturated carbocycles. The van der Waals surface area contributed by atoms with Gasteiger partial charge >= 0.3 is 0 Å². The van der Waals surface area contributed by atoms with Crippen molar-refractivity contribution in [3.63, 3.8) is 0 Å². The van der Waals surface area contributed by atoms with Crippen LogP contribution in [-0.4, -0.2) is 30.3 Å². The first kappa shape index (κ1) is 19.4. The molecule has 4 heteroatoms. The summed E-state index contributed by atoms with van der Waals surface area (Å²) in [4.78, 5) is 26.5. The topological polar surface area (TPSA) is 49.4 Å². The second-order valence-electron chi connectivity index (χ2n) is 6.92. The molecule has 0 heterocycles. The Morgan fingerprint density at radius 2 is 1.36 bits per heavy atom. The molecule has 2 amide bonds. The molecule has 0 spiro atoms. The molecule has 0 aromatic heterocycles. The van der Waals surface area contributed by atoms with E-state index in [0.29, 0.717) is 5.56 Å². The summed E-state index contributed by atoms with van der Waals surface area (Å²) in [6.45, 7) is 3.89. The van der Waals surface area contributed by atoms with E-state index in [9.17, 15) is 9.59 Å². The molecule has 142 valence electrons. The number of anilines is 1. The van der Waals surface area contributed by atoms with Gasteiger partial charge in [-0.3, -0.25) is 9.59 Å². The first-order valence-corrected chi connectivity index (χ1v) is 9.22. The molecule has 0 aliphatic rings. The Morgan fingerprint density at radius 1 is 0.786 bits per heavy atom. The van der Waals surface area contributed by atoms with Gasteiger partial charge in [-0.1, -0.05) is 60.7 Å². The average Bonchev–Trinajstić information content (AvgIpc) is 2.71. The summed E-state index contributed by atoms with van der Waals surface area (Å²) in [5.41, 5.74) is 5.51. The Balaban J connectivity index is 1.65. The van der Waals surface area contributed by atoms with Crippen LogP contribution in [0.15, 0.2) is 72.8 Å². The summed E-state index contributed by atoms with van der Waals surface area (Å²) in [6, 6.07) is 23.3. The van der Waals surface area contributed by atoms with Crippen LogP contribution in [0.25, 0.3) is 11.1 Å². The molecule has 3 aromatic carbocycles. The van der Waals surface area contributed by atoms with E-state index in [1.807, 2.05) is 74.5 Å². The maximum atomic E-state index is 12.7. The first-order valence-electron chi connectivity index (χ1n) is 9.22. The quantitative estimate of drug-likeness (QED) is 0.707. The van der Waals surface area contributed by atoms with Crippen molar-refractivity contribution in [3.8, 4) is 11.1 Å². The van der Waals surface area contributed by atoms with Gasteiger partial charge in [-0.15, -0.1) is 0 Å². The minimum atomic E-state index is -0.214. The number of aryl methyl sites for hydroxylation is 2. The molecular weight excluding hydrogens is 348 g/mol.